The quantitative estimate of drug-likeness (QED) is 0.395. The maximum Gasteiger partial charge on any atom is 0.343 e. The van der Waals surface area contributed by atoms with Crippen molar-refractivity contribution in [2.45, 2.75) is 43.9 Å². The Kier molecular flexibility index (Phi) is 6.13. The lowest BCUT2D eigenvalue weighted by Gasteiger charge is -2.45. The first kappa shape index (κ1) is 21.5. The number of fused-ring (bicyclic) bond motifs is 3. The molecule has 3 atom stereocenters. The Labute approximate surface area is 170 Å². The number of ether oxygens (including phenoxy) is 3. The zero-order chi connectivity index (χ0) is 21.3. The maximum absolute atomic E-state index is 13.9. The highest BCUT2D eigenvalue weighted by Gasteiger charge is 2.43. The molecule has 1 aromatic carbocycles. The standard InChI is InChI=1S/C20H24F2NO5P/c1-4-28-19(25)14-10-23-12(9-20(21,22)29)5-11-6-17(26-2)18(27-3)7-13(11)15(23)8-16(14)24/h6-7,10,12,15H,4-5,8-9,29H2,1-3H3. The van der Waals surface area contributed by atoms with Gasteiger partial charge in [0.2, 0.25) is 0 Å². The fourth-order valence-electron chi connectivity index (χ4n) is 3.98. The SMILES string of the molecule is CCOC(=O)C1=CN2C(CC(F)(F)P)Cc3cc(OC)c(OC)cc3C2CC1=O. The number of nitrogens with zero attached hydrogens (tertiary/aromatic N) is 1. The van der Waals surface area contributed by atoms with E-state index in [1.807, 2.05) is 0 Å². The summed E-state index contributed by atoms with van der Waals surface area (Å²) >= 11 is 0. The molecule has 0 aliphatic carbocycles. The molecule has 0 spiro atoms. The average molecular weight is 427 g/mol. The molecule has 2 aliphatic heterocycles. The van der Waals surface area contributed by atoms with Crippen molar-refractivity contribution < 1.29 is 32.6 Å². The van der Waals surface area contributed by atoms with Gasteiger partial charge in [-0.25, -0.2) is 13.6 Å². The number of carbonyl (C=O) groups excluding carboxylic acids is 2. The predicted octanol–water partition coefficient (Wildman–Crippen LogP) is 3.25. The van der Waals surface area contributed by atoms with E-state index in [1.54, 1.807) is 33.2 Å². The summed E-state index contributed by atoms with van der Waals surface area (Å²) in [5.41, 5.74) is -1.46. The van der Waals surface area contributed by atoms with E-state index in [-0.39, 0.29) is 24.4 Å². The van der Waals surface area contributed by atoms with Crippen LogP contribution in [0.4, 0.5) is 8.78 Å². The molecule has 0 aromatic heterocycles. The van der Waals surface area contributed by atoms with Gasteiger partial charge < -0.3 is 19.1 Å². The summed E-state index contributed by atoms with van der Waals surface area (Å²) in [5.74, 6) is -0.108. The smallest absolute Gasteiger partial charge is 0.343 e. The third kappa shape index (κ3) is 4.37. The molecule has 0 bridgehead atoms. The summed E-state index contributed by atoms with van der Waals surface area (Å²) in [7, 11) is 4.57. The molecule has 0 N–H and O–H groups in total. The van der Waals surface area contributed by atoms with Gasteiger partial charge in [0, 0.05) is 25.1 Å². The first-order chi connectivity index (χ1) is 13.7. The summed E-state index contributed by atoms with van der Waals surface area (Å²) < 4.78 is 43.4. The molecular formula is C20H24F2NO5P. The molecule has 1 aromatic rings. The van der Waals surface area contributed by atoms with Crippen LogP contribution in [0.2, 0.25) is 0 Å². The van der Waals surface area contributed by atoms with Gasteiger partial charge in [0.15, 0.2) is 17.3 Å². The molecule has 0 radical (unpaired) electrons. The van der Waals surface area contributed by atoms with Gasteiger partial charge in [0.25, 0.3) is 5.66 Å². The predicted molar refractivity (Wildman–Crippen MR) is 105 cm³/mol. The Balaban J connectivity index is 2.09. The third-order valence-corrected chi connectivity index (χ3v) is 5.44. The molecule has 0 amide bonds. The summed E-state index contributed by atoms with van der Waals surface area (Å²) in [4.78, 5) is 26.5. The number of alkyl halides is 2. The molecule has 6 nitrogen and oxygen atoms in total. The van der Waals surface area contributed by atoms with Gasteiger partial charge in [-0.15, -0.1) is 0 Å². The van der Waals surface area contributed by atoms with Crippen molar-refractivity contribution >= 4 is 21.0 Å². The van der Waals surface area contributed by atoms with Crippen molar-refractivity contribution in [2.75, 3.05) is 20.8 Å². The first-order valence-electron chi connectivity index (χ1n) is 9.29. The minimum Gasteiger partial charge on any atom is -0.493 e. The second-order valence-corrected chi connectivity index (χ2v) is 7.93. The Morgan fingerprint density at radius 2 is 1.90 bits per heavy atom. The lowest BCUT2D eigenvalue weighted by atomic mass is 9.82. The highest BCUT2D eigenvalue weighted by molar-refractivity contribution is 7.18. The van der Waals surface area contributed by atoms with E-state index in [2.05, 4.69) is 0 Å². The summed E-state index contributed by atoms with van der Waals surface area (Å²) in [5, 5.41) is 0. The van der Waals surface area contributed by atoms with Gasteiger partial charge in [0.05, 0.1) is 26.9 Å². The van der Waals surface area contributed by atoms with Gasteiger partial charge in [-0.05, 0) is 36.6 Å². The Bertz CT molecular complexity index is 852. The molecule has 0 saturated heterocycles. The Hall–Kier alpha value is -2.21. The number of esters is 1. The van der Waals surface area contributed by atoms with E-state index in [9.17, 15) is 18.4 Å². The number of hydrogen-bond acceptors (Lipinski definition) is 6. The fraction of sp³-hybridized carbons (Fsp3) is 0.500. The third-order valence-electron chi connectivity index (χ3n) is 5.20. The lowest BCUT2D eigenvalue weighted by molar-refractivity contribution is -0.140. The highest BCUT2D eigenvalue weighted by Crippen LogP contribution is 2.46. The van der Waals surface area contributed by atoms with E-state index in [4.69, 9.17) is 14.2 Å². The molecule has 29 heavy (non-hydrogen) atoms. The molecule has 9 heteroatoms. The van der Waals surface area contributed by atoms with Crippen LogP contribution in [-0.4, -0.2) is 49.2 Å². The number of benzene rings is 1. The monoisotopic (exact) mass is 427 g/mol. The molecule has 158 valence electrons. The van der Waals surface area contributed by atoms with Gasteiger partial charge in [-0.2, -0.15) is 0 Å². The molecule has 2 aliphatic rings. The van der Waals surface area contributed by atoms with Gasteiger partial charge in [0.1, 0.15) is 5.57 Å². The molecule has 3 rings (SSSR count). The topological polar surface area (TPSA) is 65.1 Å². The highest BCUT2D eigenvalue weighted by atomic mass is 31.0. The van der Waals surface area contributed by atoms with Crippen molar-refractivity contribution in [3.8, 4) is 11.5 Å². The summed E-state index contributed by atoms with van der Waals surface area (Å²) in [6, 6.07) is 2.48. The van der Waals surface area contributed by atoms with Gasteiger partial charge in [-0.1, -0.05) is 9.24 Å². The normalized spacial score (nSPS) is 21.1. The second kappa shape index (κ2) is 8.27. The van der Waals surface area contributed by atoms with Crippen molar-refractivity contribution in [1.82, 2.24) is 4.90 Å². The Morgan fingerprint density at radius 3 is 2.48 bits per heavy atom. The molecule has 2 heterocycles. The van der Waals surface area contributed by atoms with E-state index in [0.29, 0.717) is 17.9 Å². The van der Waals surface area contributed by atoms with Crippen molar-refractivity contribution in [1.29, 1.82) is 0 Å². The van der Waals surface area contributed by atoms with Crippen LogP contribution >= 0.6 is 9.24 Å². The molecule has 0 saturated carbocycles. The number of halogens is 2. The number of hydrogen-bond donors (Lipinski definition) is 0. The maximum atomic E-state index is 13.9. The van der Waals surface area contributed by atoms with Crippen LogP contribution in [0.1, 0.15) is 36.9 Å². The van der Waals surface area contributed by atoms with Crippen LogP contribution in [0.5, 0.6) is 11.5 Å². The van der Waals surface area contributed by atoms with Gasteiger partial charge >= 0.3 is 5.97 Å². The van der Waals surface area contributed by atoms with E-state index in [0.717, 1.165) is 11.1 Å². The number of ketones is 1. The number of Topliss-reactive ketones (excluding diaryl/α,β-unsaturated/α-hetero) is 1. The van der Waals surface area contributed by atoms with Crippen molar-refractivity contribution in [3.63, 3.8) is 0 Å². The van der Waals surface area contributed by atoms with Crippen LogP contribution < -0.4 is 9.47 Å². The summed E-state index contributed by atoms with van der Waals surface area (Å²) in [6.07, 6.45) is 1.25. The van der Waals surface area contributed by atoms with Crippen LogP contribution in [-0.2, 0) is 20.7 Å². The fourth-order valence-corrected chi connectivity index (χ4v) is 4.25. The zero-order valence-corrected chi connectivity index (χ0v) is 17.7. The summed E-state index contributed by atoms with van der Waals surface area (Å²) in [6.45, 7) is 1.77. The molecule has 3 unspecified atom stereocenters. The Morgan fingerprint density at radius 1 is 1.24 bits per heavy atom. The largest absolute Gasteiger partial charge is 0.493 e. The number of rotatable bonds is 6. The minimum absolute atomic E-state index is 0.00788. The van der Waals surface area contributed by atoms with Crippen molar-refractivity contribution in [2.24, 2.45) is 0 Å². The van der Waals surface area contributed by atoms with Gasteiger partial charge in [-0.3, -0.25) is 4.79 Å². The number of carbonyl (C=O) groups is 2. The first-order valence-corrected chi connectivity index (χ1v) is 9.87. The molecule has 0 fully saturated rings. The molecular weight excluding hydrogens is 403 g/mol. The van der Waals surface area contributed by atoms with E-state index >= 15 is 0 Å². The van der Waals surface area contributed by atoms with E-state index < -0.39 is 30.1 Å². The second-order valence-electron chi connectivity index (χ2n) is 7.08. The van der Waals surface area contributed by atoms with Crippen LogP contribution in [0, 0.1) is 0 Å². The number of methoxy groups -OCH3 is 2. The van der Waals surface area contributed by atoms with Crippen LogP contribution in [0.25, 0.3) is 0 Å². The minimum atomic E-state index is -2.98. The van der Waals surface area contributed by atoms with Crippen LogP contribution in [0.15, 0.2) is 23.9 Å². The average Bonchev–Trinajstić information content (AvgIpc) is 2.65. The van der Waals surface area contributed by atoms with Crippen LogP contribution in [0.3, 0.4) is 0 Å². The van der Waals surface area contributed by atoms with Crippen molar-refractivity contribution in [3.05, 3.63) is 35.0 Å². The van der Waals surface area contributed by atoms with E-state index in [1.165, 1.54) is 20.4 Å². The zero-order valence-electron chi connectivity index (χ0n) is 16.5. The lowest BCUT2D eigenvalue weighted by Crippen LogP contribution is -2.46.